The zero-order chi connectivity index (χ0) is 18.5. The first-order chi connectivity index (χ1) is 13.3. The van der Waals surface area contributed by atoms with E-state index in [1.54, 1.807) is 4.90 Å². The van der Waals surface area contributed by atoms with E-state index < -0.39 is 0 Å². The first-order valence-electron chi connectivity index (χ1n) is 9.20. The number of benzene rings is 1. The minimum atomic E-state index is -0.107. The van der Waals surface area contributed by atoms with Crippen molar-refractivity contribution >= 4 is 17.5 Å². The maximum Gasteiger partial charge on any atom is 0.321 e. The number of nitrogens with zero attached hydrogens (tertiary/aromatic N) is 4. The van der Waals surface area contributed by atoms with E-state index in [0.29, 0.717) is 32.2 Å². The number of urea groups is 1. The van der Waals surface area contributed by atoms with Crippen molar-refractivity contribution in [2.75, 3.05) is 49.6 Å². The molecule has 1 atom stereocenters. The average Bonchev–Trinajstić information content (AvgIpc) is 3.18. The van der Waals surface area contributed by atoms with E-state index in [1.165, 1.54) is 6.33 Å². The van der Waals surface area contributed by atoms with Crippen LogP contribution in [0.1, 0.15) is 6.42 Å². The van der Waals surface area contributed by atoms with Crippen molar-refractivity contribution < 1.29 is 14.3 Å². The molecule has 27 heavy (non-hydrogen) atoms. The molecule has 1 aromatic heterocycles. The Morgan fingerprint density at radius 1 is 1.15 bits per heavy atom. The van der Waals surface area contributed by atoms with E-state index in [9.17, 15) is 4.79 Å². The Morgan fingerprint density at radius 2 is 1.96 bits per heavy atom. The van der Waals surface area contributed by atoms with Gasteiger partial charge in [-0.05, 0) is 12.1 Å². The molecular weight excluding hydrogens is 346 g/mol. The van der Waals surface area contributed by atoms with Gasteiger partial charge in [0.05, 0.1) is 19.8 Å². The first-order valence-corrected chi connectivity index (χ1v) is 9.20. The lowest BCUT2D eigenvalue weighted by Crippen LogP contribution is -2.36. The minimum Gasteiger partial charge on any atom is -0.472 e. The Hall–Kier alpha value is -2.87. The second kappa shape index (κ2) is 8.22. The monoisotopic (exact) mass is 369 g/mol. The lowest BCUT2D eigenvalue weighted by molar-refractivity contribution is 0.122. The molecule has 1 aromatic carbocycles. The normalized spacial score (nSPS) is 19.8. The second-order valence-corrected chi connectivity index (χ2v) is 6.58. The molecular formula is C19H23N5O3. The predicted molar refractivity (Wildman–Crippen MR) is 101 cm³/mol. The van der Waals surface area contributed by atoms with Gasteiger partial charge in [-0.25, -0.2) is 14.8 Å². The molecule has 4 rings (SSSR count). The molecule has 8 heteroatoms. The van der Waals surface area contributed by atoms with E-state index in [-0.39, 0.29) is 12.1 Å². The van der Waals surface area contributed by atoms with E-state index >= 15 is 0 Å². The number of hydrogen-bond donors (Lipinski definition) is 1. The SMILES string of the molecule is O=C(Nc1ccccc1)N1CCC(Oc2cc(N3CCOCC3)ncn2)C1. The maximum atomic E-state index is 12.4. The van der Waals surface area contributed by atoms with E-state index in [4.69, 9.17) is 9.47 Å². The average molecular weight is 369 g/mol. The summed E-state index contributed by atoms with van der Waals surface area (Å²) in [7, 11) is 0. The maximum absolute atomic E-state index is 12.4. The number of anilines is 2. The van der Waals surface area contributed by atoms with Gasteiger partial charge in [0.2, 0.25) is 5.88 Å². The van der Waals surface area contributed by atoms with Crippen molar-refractivity contribution in [2.45, 2.75) is 12.5 Å². The number of para-hydroxylation sites is 1. The van der Waals surface area contributed by atoms with Crippen LogP contribution < -0.4 is 15.0 Å². The molecule has 1 unspecified atom stereocenters. The Labute approximate surface area is 158 Å². The molecule has 2 aliphatic heterocycles. The highest BCUT2D eigenvalue weighted by Crippen LogP contribution is 2.21. The minimum absolute atomic E-state index is 0.0704. The number of rotatable bonds is 4. The Bertz CT molecular complexity index is 767. The molecule has 3 heterocycles. The highest BCUT2D eigenvalue weighted by atomic mass is 16.5. The summed E-state index contributed by atoms with van der Waals surface area (Å²) in [6.45, 7) is 4.23. The van der Waals surface area contributed by atoms with Crippen molar-refractivity contribution in [3.8, 4) is 5.88 Å². The van der Waals surface area contributed by atoms with Crippen molar-refractivity contribution in [2.24, 2.45) is 0 Å². The third kappa shape index (κ3) is 4.46. The van der Waals surface area contributed by atoms with E-state index in [0.717, 1.165) is 31.0 Å². The fourth-order valence-corrected chi connectivity index (χ4v) is 3.26. The summed E-state index contributed by atoms with van der Waals surface area (Å²) < 4.78 is 11.4. The molecule has 0 radical (unpaired) electrons. The number of likely N-dealkylation sites (tertiary alicyclic amines) is 1. The van der Waals surface area contributed by atoms with Crippen molar-refractivity contribution in [1.29, 1.82) is 0 Å². The van der Waals surface area contributed by atoms with Gasteiger partial charge in [0, 0.05) is 37.8 Å². The summed E-state index contributed by atoms with van der Waals surface area (Å²) in [5.41, 5.74) is 0.790. The molecule has 142 valence electrons. The largest absolute Gasteiger partial charge is 0.472 e. The Kier molecular flexibility index (Phi) is 5.34. The van der Waals surface area contributed by atoms with Crippen LogP contribution in [0.4, 0.5) is 16.3 Å². The van der Waals surface area contributed by atoms with Crippen LogP contribution in [0.5, 0.6) is 5.88 Å². The lowest BCUT2D eigenvalue weighted by atomic mass is 10.3. The second-order valence-electron chi connectivity index (χ2n) is 6.58. The molecule has 2 saturated heterocycles. The van der Waals surface area contributed by atoms with Crippen molar-refractivity contribution in [1.82, 2.24) is 14.9 Å². The molecule has 8 nitrogen and oxygen atoms in total. The Balaban J connectivity index is 1.32. The highest BCUT2D eigenvalue weighted by Gasteiger charge is 2.28. The third-order valence-corrected chi connectivity index (χ3v) is 4.71. The van der Waals surface area contributed by atoms with Gasteiger partial charge >= 0.3 is 6.03 Å². The van der Waals surface area contributed by atoms with Crippen LogP contribution in [0.3, 0.4) is 0 Å². The van der Waals surface area contributed by atoms with Gasteiger partial charge in [0.25, 0.3) is 0 Å². The van der Waals surface area contributed by atoms with Gasteiger partial charge in [-0.3, -0.25) is 0 Å². The standard InChI is InChI=1S/C19H23N5O3/c25-19(22-15-4-2-1-3-5-15)24-7-6-16(13-24)27-18-12-17(20-14-21-18)23-8-10-26-11-9-23/h1-5,12,14,16H,6-11,13H2,(H,22,25). The Morgan fingerprint density at radius 3 is 2.78 bits per heavy atom. The molecule has 0 bridgehead atoms. The number of amides is 2. The van der Waals surface area contributed by atoms with Crippen LogP contribution in [0.25, 0.3) is 0 Å². The number of nitrogens with one attached hydrogen (secondary N) is 1. The van der Waals surface area contributed by atoms with Crippen molar-refractivity contribution in [3.63, 3.8) is 0 Å². The number of carbonyl (C=O) groups excluding carboxylic acids is 1. The number of carbonyl (C=O) groups is 1. The lowest BCUT2D eigenvalue weighted by Gasteiger charge is -2.27. The van der Waals surface area contributed by atoms with Crippen LogP contribution in [-0.4, -0.2) is 66.4 Å². The van der Waals surface area contributed by atoms with Gasteiger partial charge < -0.3 is 24.6 Å². The molecule has 0 aliphatic carbocycles. The zero-order valence-corrected chi connectivity index (χ0v) is 15.1. The van der Waals surface area contributed by atoms with Crippen molar-refractivity contribution in [3.05, 3.63) is 42.7 Å². The molecule has 0 saturated carbocycles. The van der Waals surface area contributed by atoms with Gasteiger partial charge in [-0.2, -0.15) is 0 Å². The summed E-state index contributed by atoms with van der Waals surface area (Å²) in [6, 6.07) is 11.2. The molecule has 1 N–H and O–H groups in total. The molecule has 2 aliphatic rings. The molecule has 2 fully saturated rings. The smallest absolute Gasteiger partial charge is 0.321 e. The number of aromatic nitrogens is 2. The number of ether oxygens (including phenoxy) is 2. The van der Waals surface area contributed by atoms with Crippen LogP contribution >= 0.6 is 0 Å². The summed E-state index contributed by atoms with van der Waals surface area (Å²) >= 11 is 0. The summed E-state index contributed by atoms with van der Waals surface area (Å²) in [6.07, 6.45) is 2.23. The summed E-state index contributed by atoms with van der Waals surface area (Å²) in [4.78, 5) is 24.9. The van der Waals surface area contributed by atoms with Gasteiger partial charge in [0.1, 0.15) is 18.2 Å². The molecule has 2 amide bonds. The highest BCUT2D eigenvalue weighted by molar-refractivity contribution is 5.89. The first kappa shape index (κ1) is 17.5. The van der Waals surface area contributed by atoms with E-state index in [2.05, 4.69) is 20.2 Å². The predicted octanol–water partition coefficient (Wildman–Crippen LogP) is 2.00. The summed E-state index contributed by atoms with van der Waals surface area (Å²) in [5, 5.41) is 2.91. The number of morpholine rings is 1. The van der Waals surface area contributed by atoms with Crippen LogP contribution in [0.15, 0.2) is 42.7 Å². The summed E-state index contributed by atoms with van der Waals surface area (Å²) in [5.74, 6) is 1.39. The fraction of sp³-hybridized carbons (Fsp3) is 0.421. The van der Waals surface area contributed by atoms with Gasteiger partial charge in [-0.15, -0.1) is 0 Å². The van der Waals surface area contributed by atoms with Gasteiger partial charge in [0.15, 0.2) is 0 Å². The van der Waals surface area contributed by atoms with Crippen LogP contribution in [-0.2, 0) is 4.74 Å². The zero-order valence-electron chi connectivity index (χ0n) is 15.1. The third-order valence-electron chi connectivity index (χ3n) is 4.71. The van der Waals surface area contributed by atoms with Crippen LogP contribution in [0, 0.1) is 0 Å². The molecule has 0 spiro atoms. The quantitative estimate of drug-likeness (QED) is 0.888. The van der Waals surface area contributed by atoms with Gasteiger partial charge in [-0.1, -0.05) is 18.2 Å². The topological polar surface area (TPSA) is 79.8 Å². The van der Waals surface area contributed by atoms with E-state index in [1.807, 2.05) is 36.4 Å². The fourth-order valence-electron chi connectivity index (χ4n) is 3.26. The van der Waals surface area contributed by atoms with Crippen LogP contribution in [0.2, 0.25) is 0 Å². The molecule has 2 aromatic rings. The number of hydrogen-bond acceptors (Lipinski definition) is 6.